The number of anilines is 1. The van der Waals surface area contributed by atoms with Gasteiger partial charge >= 0.3 is 6.03 Å². The first-order valence-corrected chi connectivity index (χ1v) is 14.1. The van der Waals surface area contributed by atoms with Gasteiger partial charge in [-0.3, -0.25) is 14.9 Å². The maximum Gasteiger partial charge on any atom is 0.320 e. The van der Waals surface area contributed by atoms with Crippen LogP contribution in [0, 0.1) is 6.92 Å². The molecule has 10 heteroatoms. The number of carbonyl (C=O) groups is 1. The van der Waals surface area contributed by atoms with Gasteiger partial charge in [0.15, 0.2) is 0 Å². The number of urea groups is 1. The van der Waals surface area contributed by atoms with Crippen molar-refractivity contribution in [3.05, 3.63) is 96.7 Å². The van der Waals surface area contributed by atoms with Crippen molar-refractivity contribution in [1.29, 1.82) is 0 Å². The first-order valence-electron chi connectivity index (χ1n) is 14.1. The number of furan rings is 1. The van der Waals surface area contributed by atoms with Gasteiger partial charge in [-0.05, 0) is 36.2 Å². The smallest absolute Gasteiger partial charge is 0.320 e. The molecule has 1 aliphatic rings. The zero-order valence-electron chi connectivity index (χ0n) is 24.0. The van der Waals surface area contributed by atoms with Gasteiger partial charge in [-0.15, -0.1) is 0 Å². The van der Waals surface area contributed by atoms with Gasteiger partial charge in [-0.25, -0.2) is 9.48 Å². The fourth-order valence-electron chi connectivity index (χ4n) is 5.68. The predicted molar refractivity (Wildman–Crippen MR) is 162 cm³/mol. The van der Waals surface area contributed by atoms with Crippen LogP contribution < -0.4 is 10.6 Å². The molecule has 216 valence electrons. The van der Waals surface area contributed by atoms with Crippen LogP contribution in [0.15, 0.2) is 90.0 Å². The fourth-order valence-corrected chi connectivity index (χ4v) is 5.68. The van der Waals surface area contributed by atoms with Gasteiger partial charge in [0.25, 0.3) is 0 Å². The Labute approximate surface area is 244 Å². The number of benzene rings is 2. The standard InChI is InChI=1S/C32H35N7O3/c1-22-30(26-17-33-37(2)18-26)36-39(27-10-5-4-6-11-27)31(22)35-32(40)34-29-20-38(13-15-41-3)19-28(29)24-9-7-8-23(16-24)25-12-14-42-21-25/h4-12,14,16-18,21,28-29H,13,15,19-20H2,1-3H3,(H2,34,35,40)/t28-,29+/m0/s1. The second kappa shape index (κ2) is 12.1. The Morgan fingerprint density at radius 3 is 2.67 bits per heavy atom. The molecule has 1 fully saturated rings. The maximum atomic E-state index is 13.7. The first-order chi connectivity index (χ1) is 20.5. The van der Waals surface area contributed by atoms with Crippen LogP contribution in [0.4, 0.5) is 10.6 Å². The third-order valence-corrected chi connectivity index (χ3v) is 7.83. The maximum absolute atomic E-state index is 13.7. The monoisotopic (exact) mass is 565 g/mol. The summed E-state index contributed by atoms with van der Waals surface area (Å²) in [6.07, 6.45) is 7.13. The molecule has 0 radical (unpaired) electrons. The Bertz CT molecular complexity index is 1640. The van der Waals surface area contributed by atoms with Crippen molar-refractivity contribution >= 4 is 11.8 Å². The number of carbonyl (C=O) groups excluding carboxylic acids is 1. The van der Waals surface area contributed by atoms with E-state index in [9.17, 15) is 4.79 Å². The zero-order chi connectivity index (χ0) is 29.1. The second-order valence-electron chi connectivity index (χ2n) is 10.7. The molecule has 42 heavy (non-hydrogen) atoms. The Hall–Kier alpha value is -4.67. The number of hydrogen-bond donors (Lipinski definition) is 2. The van der Waals surface area contributed by atoms with Gasteiger partial charge < -0.3 is 14.5 Å². The van der Waals surface area contributed by atoms with Gasteiger partial charge in [0.1, 0.15) is 11.5 Å². The largest absolute Gasteiger partial charge is 0.472 e. The van der Waals surface area contributed by atoms with E-state index in [2.05, 4.69) is 44.9 Å². The summed E-state index contributed by atoms with van der Waals surface area (Å²) in [6.45, 7) is 4.93. The molecule has 1 aliphatic heterocycles. The molecule has 0 bridgehead atoms. The van der Waals surface area contributed by atoms with E-state index in [0.717, 1.165) is 53.3 Å². The number of likely N-dealkylation sites (tertiary alicyclic amines) is 1. The average Bonchev–Trinajstić information content (AvgIpc) is 3.81. The molecule has 2 aromatic carbocycles. The lowest BCUT2D eigenvalue weighted by Crippen LogP contribution is -2.42. The lowest BCUT2D eigenvalue weighted by atomic mass is 9.92. The molecule has 10 nitrogen and oxygen atoms in total. The van der Waals surface area contributed by atoms with E-state index in [1.165, 1.54) is 5.56 Å². The van der Waals surface area contributed by atoms with Gasteiger partial charge in [0.05, 0.1) is 37.1 Å². The number of nitrogens with zero attached hydrogens (tertiary/aromatic N) is 5. The van der Waals surface area contributed by atoms with E-state index < -0.39 is 0 Å². The molecule has 0 saturated carbocycles. The van der Waals surface area contributed by atoms with E-state index in [0.29, 0.717) is 12.4 Å². The number of nitrogens with one attached hydrogen (secondary N) is 2. The van der Waals surface area contributed by atoms with Gasteiger partial charge in [0.2, 0.25) is 0 Å². The molecule has 2 N–H and O–H groups in total. The van der Waals surface area contributed by atoms with Crippen molar-refractivity contribution in [2.45, 2.75) is 18.9 Å². The summed E-state index contributed by atoms with van der Waals surface area (Å²) in [5, 5.41) is 15.6. The van der Waals surface area contributed by atoms with Gasteiger partial charge in [0, 0.05) is 62.6 Å². The molecule has 0 spiro atoms. The molecule has 6 rings (SSSR count). The minimum atomic E-state index is -0.275. The molecule has 1 saturated heterocycles. The van der Waals surface area contributed by atoms with E-state index in [-0.39, 0.29) is 18.0 Å². The third kappa shape index (κ3) is 5.72. The molecular weight excluding hydrogens is 530 g/mol. The molecule has 0 unspecified atom stereocenters. The van der Waals surface area contributed by atoms with Crippen LogP contribution in [0.25, 0.3) is 28.1 Å². The number of hydrogen-bond acceptors (Lipinski definition) is 6. The van der Waals surface area contributed by atoms with Crippen LogP contribution in [-0.2, 0) is 11.8 Å². The lowest BCUT2D eigenvalue weighted by molar-refractivity contribution is 0.159. The molecule has 2 amide bonds. The highest BCUT2D eigenvalue weighted by Gasteiger charge is 2.35. The summed E-state index contributed by atoms with van der Waals surface area (Å²) < 4.78 is 14.2. The molecule has 0 aliphatic carbocycles. The SMILES string of the molecule is COCCN1C[C@@H](NC(=O)Nc2c(C)c(-c3cnn(C)c3)nn2-c2ccccc2)[C@H](c2cccc(-c3ccoc3)c2)C1. The lowest BCUT2D eigenvalue weighted by Gasteiger charge is -2.21. The minimum Gasteiger partial charge on any atom is -0.472 e. The summed E-state index contributed by atoms with van der Waals surface area (Å²) in [5.41, 5.74) is 6.65. The number of amides is 2. The van der Waals surface area contributed by atoms with Crippen LogP contribution in [0.1, 0.15) is 17.0 Å². The van der Waals surface area contributed by atoms with Crippen LogP contribution in [-0.4, -0.2) is 69.9 Å². The highest BCUT2D eigenvalue weighted by atomic mass is 16.5. The first kappa shape index (κ1) is 27.5. The summed E-state index contributed by atoms with van der Waals surface area (Å²) in [6, 6.07) is 19.8. The molecular formula is C32H35N7O3. The quantitative estimate of drug-likeness (QED) is 0.259. The summed E-state index contributed by atoms with van der Waals surface area (Å²) in [5.74, 6) is 0.718. The zero-order valence-corrected chi connectivity index (χ0v) is 24.0. The number of rotatable bonds is 9. The van der Waals surface area contributed by atoms with Crippen molar-refractivity contribution < 1.29 is 13.9 Å². The van der Waals surface area contributed by atoms with E-state index in [1.807, 2.05) is 56.6 Å². The van der Waals surface area contributed by atoms with Crippen molar-refractivity contribution in [2.75, 3.05) is 38.7 Å². The summed E-state index contributed by atoms with van der Waals surface area (Å²) in [4.78, 5) is 16.0. The van der Waals surface area contributed by atoms with Gasteiger partial charge in [-0.2, -0.15) is 10.2 Å². The van der Waals surface area contributed by atoms with Crippen molar-refractivity contribution in [3.63, 3.8) is 0 Å². The highest BCUT2D eigenvalue weighted by Crippen LogP contribution is 2.33. The number of ether oxygens (including phenoxy) is 1. The summed E-state index contributed by atoms with van der Waals surface area (Å²) >= 11 is 0. The van der Waals surface area contributed by atoms with Crippen LogP contribution in [0.2, 0.25) is 0 Å². The van der Waals surface area contributed by atoms with Crippen molar-refractivity contribution in [2.24, 2.45) is 7.05 Å². The van der Waals surface area contributed by atoms with Crippen molar-refractivity contribution in [3.8, 4) is 28.1 Å². The number of methoxy groups -OCH3 is 1. The average molecular weight is 566 g/mol. The normalized spacial score (nSPS) is 17.0. The van der Waals surface area contributed by atoms with Crippen LogP contribution in [0.5, 0.6) is 0 Å². The van der Waals surface area contributed by atoms with Crippen LogP contribution >= 0.6 is 0 Å². The Morgan fingerprint density at radius 2 is 1.93 bits per heavy atom. The number of para-hydroxylation sites is 1. The number of aromatic nitrogens is 4. The van der Waals surface area contributed by atoms with Crippen molar-refractivity contribution in [1.82, 2.24) is 29.8 Å². The topological polar surface area (TPSA) is 102 Å². The Balaban J connectivity index is 1.27. The Kier molecular flexibility index (Phi) is 7.89. The minimum absolute atomic E-state index is 0.102. The van der Waals surface area contributed by atoms with E-state index in [1.54, 1.807) is 35.2 Å². The predicted octanol–water partition coefficient (Wildman–Crippen LogP) is 5.08. The third-order valence-electron chi connectivity index (χ3n) is 7.83. The number of aryl methyl sites for hydroxylation is 1. The molecule has 3 aromatic heterocycles. The fraction of sp³-hybridized carbons (Fsp3) is 0.281. The second-order valence-corrected chi connectivity index (χ2v) is 10.7. The van der Waals surface area contributed by atoms with E-state index in [4.69, 9.17) is 14.3 Å². The molecule has 5 aromatic rings. The Morgan fingerprint density at radius 1 is 1.07 bits per heavy atom. The highest BCUT2D eigenvalue weighted by molar-refractivity contribution is 5.91. The molecule has 2 atom stereocenters. The summed E-state index contributed by atoms with van der Waals surface area (Å²) in [7, 11) is 3.58. The van der Waals surface area contributed by atoms with Crippen LogP contribution in [0.3, 0.4) is 0 Å². The van der Waals surface area contributed by atoms with E-state index >= 15 is 0 Å². The van der Waals surface area contributed by atoms with Gasteiger partial charge in [-0.1, -0.05) is 42.5 Å². The molecule has 4 heterocycles.